The molecule has 11 heavy (non-hydrogen) atoms. The van der Waals surface area contributed by atoms with Gasteiger partial charge in [0.05, 0.1) is 6.61 Å². The van der Waals surface area contributed by atoms with Crippen LogP contribution in [-0.2, 0) is 9.47 Å². The van der Waals surface area contributed by atoms with E-state index < -0.39 is 30.7 Å². The van der Waals surface area contributed by atoms with Crippen molar-refractivity contribution < 1.29 is 24.8 Å². The fraction of sp³-hybridized carbons (Fsp3) is 1.00. The first-order valence-electron chi connectivity index (χ1n) is 3.51. The molecular formula is C6H10O5. The summed E-state index contributed by atoms with van der Waals surface area (Å²) < 4.78 is 9.95. The van der Waals surface area contributed by atoms with Gasteiger partial charge >= 0.3 is 0 Å². The van der Waals surface area contributed by atoms with E-state index in [0.717, 1.165) is 0 Å². The molecule has 0 aliphatic carbocycles. The Bertz CT molecular complexity index is 141. The van der Waals surface area contributed by atoms with Crippen LogP contribution in [0.15, 0.2) is 0 Å². The van der Waals surface area contributed by atoms with E-state index in [9.17, 15) is 10.2 Å². The van der Waals surface area contributed by atoms with Crippen molar-refractivity contribution >= 4 is 0 Å². The van der Waals surface area contributed by atoms with E-state index in [1.165, 1.54) is 0 Å². The number of hydrogen-bond donors (Lipinski definition) is 3. The summed E-state index contributed by atoms with van der Waals surface area (Å²) in [4.78, 5) is 0. The van der Waals surface area contributed by atoms with Crippen LogP contribution in [0.5, 0.6) is 0 Å². The van der Waals surface area contributed by atoms with E-state index in [-0.39, 0.29) is 6.61 Å². The van der Waals surface area contributed by atoms with Crippen LogP contribution in [0.2, 0.25) is 0 Å². The molecule has 0 saturated carbocycles. The Labute approximate surface area is 63.2 Å². The molecule has 2 fully saturated rings. The second kappa shape index (κ2) is 2.40. The van der Waals surface area contributed by atoms with Gasteiger partial charge in [-0.2, -0.15) is 0 Å². The standard InChI is InChI=1S/C6H10O5/c7-3-2-1-10-6(11-2)5(9)4(3)8/h2-9H,1H2/t2-,3?,4+,5?,6-/m1/s1. The van der Waals surface area contributed by atoms with Crippen molar-refractivity contribution in [2.75, 3.05) is 6.61 Å². The molecule has 2 unspecified atom stereocenters. The van der Waals surface area contributed by atoms with Crippen molar-refractivity contribution in [3.05, 3.63) is 0 Å². The predicted octanol–water partition coefficient (Wildman–Crippen LogP) is -2.18. The molecule has 0 spiro atoms. The summed E-state index contributed by atoms with van der Waals surface area (Å²) in [6.07, 6.45) is -4.58. The van der Waals surface area contributed by atoms with Gasteiger partial charge in [-0.1, -0.05) is 0 Å². The maximum atomic E-state index is 9.22. The Kier molecular flexibility index (Phi) is 1.62. The second-order valence-electron chi connectivity index (χ2n) is 2.85. The zero-order valence-corrected chi connectivity index (χ0v) is 5.75. The Morgan fingerprint density at radius 3 is 2.45 bits per heavy atom. The lowest BCUT2D eigenvalue weighted by Crippen LogP contribution is -2.53. The molecule has 2 aliphatic heterocycles. The van der Waals surface area contributed by atoms with E-state index in [1.54, 1.807) is 0 Å². The number of rotatable bonds is 0. The Morgan fingerprint density at radius 1 is 1.00 bits per heavy atom. The van der Waals surface area contributed by atoms with Gasteiger partial charge in [0.25, 0.3) is 0 Å². The van der Waals surface area contributed by atoms with E-state index >= 15 is 0 Å². The number of aliphatic hydroxyl groups is 3. The number of hydrogen-bond acceptors (Lipinski definition) is 5. The van der Waals surface area contributed by atoms with Crippen molar-refractivity contribution in [2.24, 2.45) is 0 Å². The van der Waals surface area contributed by atoms with Crippen molar-refractivity contribution in [1.29, 1.82) is 0 Å². The predicted molar refractivity (Wildman–Crippen MR) is 32.6 cm³/mol. The molecule has 0 aromatic heterocycles. The minimum atomic E-state index is -1.15. The lowest BCUT2D eigenvalue weighted by Gasteiger charge is -2.32. The molecule has 2 saturated heterocycles. The fourth-order valence-corrected chi connectivity index (χ4v) is 1.38. The van der Waals surface area contributed by atoms with Gasteiger partial charge in [0.15, 0.2) is 6.29 Å². The quantitative estimate of drug-likeness (QED) is 0.377. The summed E-state index contributed by atoms with van der Waals surface area (Å²) in [6.45, 7) is 0.236. The minimum absolute atomic E-state index is 0.236. The van der Waals surface area contributed by atoms with Gasteiger partial charge in [-0.15, -0.1) is 0 Å². The van der Waals surface area contributed by atoms with Gasteiger partial charge < -0.3 is 24.8 Å². The van der Waals surface area contributed by atoms with Crippen molar-refractivity contribution in [3.63, 3.8) is 0 Å². The molecule has 2 bridgehead atoms. The number of aliphatic hydroxyl groups excluding tert-OH is 3. The smallest absolute Gasteiger partial charge is 0.186 e. The van der Waals surface area contributed by atoms with Crippen LogP contribution in [0.3, 0.4) is 0 Å². The SMILES string of the molecule is OC1[C@@H]2OC[C@@H](O2)C(O)[C@@H]1O. The molecule has 0 radical (unpaired) electrons. The number of fused-ring (bicyclic) bond motifs is 2. The van der Waals surface area contributed by atoms with E-state index in [1.807, 2.05) is 0 Å². The molecule has 3 N–H and O–H groups in total. The van der Waals surface area contributed by atoms with Gasteiger partial charge in [0, 0.05) is 0 Å². The van der Waals surface area contributed by atoms with Crippen LogP contribution in [0, 0.1) is 0 Å². The third kappa shape index (κ3) is 0.969. The molecule has 2 heterocycles. The van der Waals surface area contributed by atoms with Gasteiger partial charge in [-0.05, 0) is 0 Å². The highest BCUT2D eigenvalue weighted by Gasteiger charge is 2.48. The van der Waals surface area contributed by atoms with Crippen LogP contribution >= 0.6 is 0 Å². The minimum Gasteiger partial charge on any atom is -0.387 e. The van der Waals surface area contributed by atoms with E-state index in [4.69, 9.17) is 14.6 Å². The van der Waals surface area contributed by atoms with E-state index in [0.29, 0.717) is 0 Å². The van der Waals surface area contributed by atoms with Crippen LogP contribution in [-0.4, -0.2) is 52.6 Å². The molecule has 2 rings (SSSR count). The normalized spacial score (nSPS) is 56.5. The third-order valence-electron chi connectivity index (χ3n) is 2.09. The first-order chi connectivity index (χ1) is 5.20. The van der Waals surface area contributed by atoms with Crippen LogP contribution in [0.25, 0.3) is 0 Å². The van der Waals surface area contributed by atoms with Crippen molar-refractivity contribution in [1.82, 2.24) is 0 Å². The van der Waals surface area contributed by atoms with Gasteiger partial charge in [0.1, 0.15) is 24.4 Å². The van der Waals surface area contributed by atoms with E-state index in [2.05, 4.69) is 0 Å². The van der Waals surface area contributed by atoms with Gasteiger partial charge in [-0.25, -0.2) is 0 Å². The monoisotopic (exact) mass is 162 g/mol. The van der Waals surface area contributed by atoms with Crippen LogP contribution in [0.1, 0.15) is 0 Å². The van der Waals surface area contributed by atoms with Gasteiger partial charge in [0.2, 0.25) is 0 Å². The third-order valence-corrected chi connectivity index (χ3v) is 2.09. The highest BCUT2D eigenvalue weighted by atomic mass is 16.7. The van der Waals surface area contributed by atoms with Crippen LogP contribution < -0.4 is 0 Å². The maximum Gasteiger partial charge on any atom is 0.186 e. The molecule has 0 amide bonds. The molecular weight excluding hydrogens is 152 g/mol. The molecule has 64 valence electrons. The zero-order chi connectivity index (χ0) is 8.01. The lowest BCUT2D eigenvalue weighted by molar-refractivity contribution is -0.228. The summed E-state index contributed by atoms with van der Waals surface area (Å²) in [6, 6.07) is 0. The van der Waals surface area contributed by atoms with Gasteiger partial charge in [-0.3, -0.25) is 0 Å². The largest absolute Gasteiger partial charge is 0.387 e. The number of ether oxygens (including phenoxy) is 2. The van der Waals surface area contributed by atoms with Crippen LogP contribution in [0.4, 0.5) is 0 Å². The summed E-state index contributed by atoms with van der Waals surface area (Å²) >= 11 is 0. The molecule has 5 atom stereocenters. The fourth-order valence-electron chi connectivity index (χ4n) is 1.38. The average Bonchev–Trinajstić information content (AvgIpc) is 2.44. The Balaban J connectivity index is 2.16. The summed E-state index contributed by atoms with van der Waals surface area (Å²) in [5.74, 6) is 0. The molecule has 5 nitrogen and oxygen atoms in total. The topological polar surface area (TPSA) is 79.2 Å². The summed E-state index contributed by atoms with van der Waals surface area (Å²) in [7, 11) is 0. The molecule has 0 aromatic rings. The highest BCUT2D eigenvalue weighted by Crippen LogP contribution is 2.27. The first kappa shape index (κ1) is 7.45. The average molecular weight is 162 g/mol. The first-order valence-corrected chi connectivity index (χ1v) is 3.51. The zero-order valence-electron chi connectivity index (χ0n) is 5.75. The van der Waals surface area contributed by atoms with Crippen molar-refractivity contribution in [2.45, 2.75) is 30.7 Å². The lowest BCUT2D eigenvalue weighted by atomic mass is 10.0. The molecule has 0 aromatic carbocycles. The summed E-state index contributed by atoms with van der Waals surface area (Å²) in [5.41, 5.74) is 0. The second-order valence-corrected chi connectivity index (χ2v) is 2.85. The molecule has 2 aliphatic rings. The molecule has 5 heteroatoms. The van der Waals surface area contributed by atoms with Crippen molar-refractivity contribution in [3.8, 4) is 0 Å². The maximum absolute atomic E-state index is 9.22. The highest BCUT2D eigenvalue weighted by molar-refractivity contribution is 4.92. The Hall–Kier alpha value is -0.200. The Morgan fingerprint density at radius 2 is 1.73 bits per heavy atom. The summed E-state index contributed by atoms with van der Waals surface area (Å²) in [5, 5.41) is 27.6.